The molecular formula is C13H18FN3O. The second kappa shape index (κ2) is 5.35. The van der Waals surface area contributed by atoms with Crippen LogP contribution in [0.1, 0.15) is 19.8 Å². The molecule has 0 spiro atoms. The third kappa shape index (κ3) is 2.79. The summed E-state index contributed by atoms with van der Waals surface area (Å²) >= 11 is 0. The minimum atomic E-state index is -0.605. The SMILES string of the molecule is C[C@@H](N)C(=O)Nc1ccc(N2CCCC2)c(F)c1. The van der Waals surface area contributed by atoms with E-state index in [0.717, 1.165) is 25.9 Å². The molecule has 4 nitrogen and oxygen atoms in total. The molecule has 0 radical (unpaired) electrons. The number of nitrogens with one attached hydrogen (secondary N) is 1. The molecule has 1 fully saturated rings. The number of hydrogen-bond donors (Lipinski definition) is 2. The molecule has 1 heterocycles. The second-order valence-electron chi connectivity index (χ2n) is 4.64. The summed E-state index contributed by atoms with van der Waals surface area (Å²) in [5, 5.41) is 2.58. The van der Waals surface area contributed by atoms with Crippen LogP contribution >= 0.6 is 0 Å². The van der Waals surface area contributed by atoms with Crippen LogP contribution in [0.25, 0.3) is 0 Å². The highest BCUT2D eigenvalue weighted by Crippen LogP contribution is 2.25. The smallest absolute Gasteiger partial charge is 0.241 e. The molecule has 0 aliphatic carbocycles. The molecule has 2 rings (SSSR count). The largest absolute Gasteiger partial charge is 0.369 e. The Balaban J connectivity index is 2.11. The Morgan fingerprint density at radius 3 is 2.67 bits per heavy atom. The Morgan fingerprint density at radius 2 is 2.11 bits per heavy atom. The summed E-state index contributed by atoms with van der Waals surface area (Å²) in [6, 6.07) is 4.15. The average Bonchev–Trinajstić information content (AvgIpc) is 2.82. The van der Waals surface area contributed by atoms with E-state index in [0.29, 0.717) is 11.4 Å². The first-order chi connectivity index (χ1) is 8.58. The molecule has 1 amide bonds. The monoisotopic (exact) mass is 251 g/mol. The first kappa shape index (κ1) is 12.8. The summed E-state index contributed by atoms with van der Waals surface area (Å²) in [6.45, 7) is 3.37. The van der Waals surface area contributed by atoms with Crippen molar-refractivity contribution in [3.8, 4) is 0 Å². The van der Waals surface area contributed by atoms with Crippen LogP contribution in [0.5, 0.6) is 0 Å². The topological polar surface area (TPSA) is 58.4 Å². The lowest BCUT2D eigenvalue weighted by Gasteiger charge is -2.19. The van der Waals surface area contributed by atoms with Gasteiger partial charge in [-0.05, 0) is 38.0 Å². The van der Waals surface area contributed by atoms with E-state index in [9.17, 15) is 9.18 Å². The number of nitrogens with zero attached hydrogens (tertiary/aromatic N) is 1. The Bertz CT molecular complexity index is 442. The van der Waals surface area contributed by atoms with E-state index in [-0.39, 0.29) is 11.7 Å². The first-order valence-electron chi connectivity index (χ1n) is 6.19. The lowest BCUT2D eigenvalue weighted by Crippen LogP contribution is -2.32. The average molecular weight is 251 g/mol. The lowest BCUT2D eigenvalue weighted by atomic mass is 10.2. The van der Waals surface area contributed by atoms with Gasteiger partial charge in [0.05, 0.1) is 11.7 Å². The molecule has 98 valence electrons. The van der Waals surface area contributed by atoms with Gasteiger partial charge >= 0.3 is 0 Å². The molecular weight excluding hydrogens is 233 g/mol. The minimum absolute atomic E-state index is 0.306. The molecule has 3 N–H and O–H groups in total. The summed E-state index contributed by atoms with van der Waals surface area (Å²) in [6.07, 6.45) is 2.20. The number of anilines is 2. The third-order valence-corrected chi connectivity index (χ3v) is 3.08. The number of carbonyl (C=O) groups is 1. The highest BCUT2D eigenvalue weighted by molar-refractivity contribution is 5.94. The normalized spacial score (nSPS) is 16.7. The van der Waals surface area contributed by atoms with E-state index >= 15 is 0 Å². The Morgan fingerprint density at radius 1 is 1.44 bits per heavy atom. The zero-order chi connectivity index (χ0) is 13.1. The summed E-state index contributed by atoms with van der Waals surface area (Å²) in [7, 11) is 0. The number of benzene rings is 1. The molecule has 0 bridgehead atoms. The predicted molar refractivity (Wildman–Crippen MR) is 70.1 cm³/mol. The van der Waals surface area contributed by atoms with Gasteiger partial charge in [-0.2, -0.15) is 0 Å². The number of hydrogen-bond acceptors (Lipinski definition) is 3. The molecule has 1 saturated heterocycles. The number of rotatable bonds is 3. The molecule has 0 unspecified atom stereocenters. The number of halogens is 1. The van der Waals surface area contributed by atoms with Crippen LogP contribution in [0.2, 0.25) is 0 Å². The molecule has 1 aliphatic heterocycles. The Labute approximate surface area is 106 Å². The fourth-order valence-corrected chi connectivity index (χ4v) is 2.06. The van der Waals surface area contributed by atoms with Gasteiger partial charge < -0.3 is 16.0 Å². The molecule has 1 aliphatic rings. The van der Waals surface area contributed by atoms with E-state index in [1.807, 2.05) is 4.90 Å². The van der Waals surface area contributed by atoms with Crippen molar-refractivity contribution >= 4 is 17.3 Å². The minimum Gasteiger partial charge on any atom is -0.369 e. The van der Waals surface area contributed by atoms with Gasteiger partial charge in [-0.1, -0.05) is 0 Å². The highest BCUT2D eigenvalue weighted by Gasteiger charge is 2.16. The van der Waals surface area contributed by atoms with E-state index in [4.69, 9.17) is 5.73 Å². The van der Waals surface area contributed by atoms with Gasteiger partial charge in [0.15, 0.2) is 0 Å². The number of carbonyl (C=O) groups excluding carboxylic acids is 1. The van der Waals surface area contributed by atoms with Crippen LogP contribution in [-0.2, 0) is 4.79 Å². The zero-order valence-corrected chi connectivity index (χ0v) is 10.4. The maximum absolute atomic E-state index is 13.9. The second-order valence-corrected chi connectivity index (χ2v) is 4.64. The van der Waals surface area contributed by atoms with Gasteiger partial charge in [0.2, 0.25) is 5.91 Å². The molecule has 5 heteroatoms. The van der Waals surface area contributed by atoms with Crippen LogP contribution in [0.4, 0.5) is 15.8 Å². The Hall–Kier alpha value is -1.62. The number of nitrogens with two attached hydrogens (primary N) is 1. The van der Waals surface area contributed by atoms with Gasteiger partial charge in [0.25, 0.3) is 0 Å². The van der Waals surface area contributed by atoms with Crippen molar-refractivity contribution in [3.63, 3.8) is 0 Å². The van der Waals surface area contributed by atoms with Crippen molar-refractivity contribution in [2.75, 3.05) is 23.3 Å². The Kier molecular flexibility index (Phi) is 3.81. The van der Waals surface area contributed by atoms with Crippen LogP contribution in [0.15, 0.2) is 18.2 Å². The highest BCUT2D eigenvalue weighted by atomic mass is 19.1. The molecule has 0 aromatic heterocycles. The van der Waals surface area contributed by atoms with E-state index in [2.05, 4.69) is 5.32 Å². The lowest BCUT2D eigenvalue weighted by molar-refractivity contribution is -0.117. The summed E-state index contributed by atoms with van der Waals surface area (Å²) in [4.78, 5) is 13.4. The summed E-state index contributed by atoms with van der Waals surface area (Å²) < 4.78 is 13.9. The quantitative estimate of drug-likeness (QED) is 0.859. The van der Waals surface area contributed by atoms with Crippen molar-refractivity contribution in [2.45, 2.75) is 25.8 Å². The predicted octanol–water partition coefficient (Wildman–Crippen LogP) is 1.71. The maximum atomic E-state index is 13.9. The molecule has 0 saturated carbocycles. The van der Waals surface area contributed by atoms with Gasteiger partial charge in [0.1, 0.15) is 5.82 Å². The van der Waals surface area contributed by atoms with Crippen molar-refractivity contribution in [2.24, 2.45) is 5.73 Å². The van der Waals surface area contributed by atoms with Gasteiger partial charge in [-0.15, -0.1) is 0 Å². The van der Waals surface area contributed by atoms with Crippen LogP contribution in [0, 0.1) is 5.82 Å². The summed E-state index contributed by atoms with van der Waals surface area (Å²) in [5.41, 5.74) is 6.48. The van der Waals surface area contributed by atoms with Crippen LogP contribution in [0.3, 0.4) is 0 Å². The standard InChI is InChI=1S/C13H18FN3O/c1-9(15)13(18)16-10-4-5-12(11(14)8-10)17-6-2-3-7-17/h4-5,8-9H,2-3,6-7,15H2,1H3,(H,16,18)/t9-/m1/s1. The van der Waals surface area contributed by atoms with E-state index in [1.165, 1.54) is 6.07 Å². The maximum Gasteiger partial charge on any atom is 0.241 e. The first-order valence-corrected chi connectivity index (χ1v) is 6.19. The molecule has 1 aromatic rings. The molecule has 1 atom stereocenters. The molecule has 1 aromatic carbocycles. The fourth-order valence-electron chi connectivity index (χ4n) is 2.06. The summed E-state index contributed by atoms with van der Waals surface area (Å²) in [5.74, 6) is -0.623. The van der Waals surface area contributed by atoms with Crippen molar-refractivity contribution < 1.29 is 9.18 Å². The fraction of sp³-hybridized carbons (Fsp3) is 0.462. The van der Waals surface area contributed by atoms with Crippen LogP contribution in [-0.4, -0.2) is 25.0 Å². The number of amides is 1. The van der Waals surface area contributed by atoms with Gasteiger partial charge in [0, 0.05) is 18.8 Å². The van der Waals surface area contributed by atoms with E-state index in [1.54, 1.807) is 19.1 Å². The van der Waals surface area contributed by atoms with Crippen molar-refractivity contribution in [1.82, 2.24) is 0 Å². The van der Waals surface area contributed by atoms with E-state index < -0.39 is 6.04 Å². The van der Waals surface area contributed by atoms with Gasteiger partial charge in [-0.3, -0.25) is 4.79 Å². The van der Waals surface area contributed by atoms with Crippen molar-refractivity contribution in [1.29, 1.82) is 0 Å². The van der Waals surface area contributed by atoms with Crippen LogP contribution < -0.4 is 16.0 Å². The van der Waals surface area contributed by atoms with Crippen molar-refractivity contribution in [3.05, 3.63) is 24.0 Å². The zero-order valence-electron chi connectivity index (χ0n) is 10.4. The molecule has 18 heavy (non-hydrogen) atoms. The third-order valence-electron chi connectivity index (χ3n) is 3.08. The van der Waals surface area contributed by atoms with Gasteiger partial charge in [-0.25, -0.2) is 4.39 Å².